The van der Waals surface area contributed by atoms with Crippen molar-refractivity contribution < 1.29 is 14.7 Å². The lowest BCUT2D eigenvalue weighted by Crippen LogP contribution is -2.54. The molecule has 1 aromatic rings. The van der Waals surface area contributed by atoms with E-state index in [4.69, 9.17) is 5.11 Å². The molecule has 0 aliphatic carbocycles. The van der Waals surface area contributed by atoms with Gasteiger partial charge in [-0.25, -0.2) is 14.6 Å². The van der Waals surface area contributed by atoms with E-state index in [1.54, 1.807) is 14.0 Å². The molecule has 0 spiro atoms. The van der Waals surface area contributed by atoms with Gasteiger partial charge in [0, 0.05) is 7.05 Å². The van der Waals surface area contributed by atoms with Gasteiger partial charge in [-0.2, -0.15) is 5.10 Å². The Bertz CT molecular complexity index is 444. The zero-order valence-electron chi connectivity index (χ0n) is 10.6. The molecule has 0 saturated carbocycles. The minimum atomic E-state index is -1.27. The second kappa shape index (κ2) is 5.48. The van der Waals surface area contributed by atoms with Crippen LogP contribution in [0, 0.1) is 0 Å². The van der Waals surface area contributed by atoms with Crippen molar-refractivity contribution in [1.82, 2.24) is 25.4 Å². The predicted octanol–water partition coefficient (Wildman–Crippen LogP) is -0.132. The fourth-order valence-corrected chi connectivity index (χ4v) is 1.23. The van der Waals surface area contributed by atoms with E-state index in [0.29, 0.717) is 12.2 Å². The van der Waals surface area contributed by atoms with Gasteiger partial charge in [-0.1, -0.05) is 6.92 Å². The molecule has 1 heterocycles. The van der Waals surface area contributed by atoms with Crippen LogP contribution in [0.1, 0.15) is 26.1 Å². The summed E-state index contributed by atoms with van der Waals surface area (Å²) in [5.74, 6) is -0.488. The average molecular weight is 255 g/mol. The Morgan fingerprint density at radius 2 is 2.22 bits per heavy atom. The van der Waals surface area contributed by atoms with Gasteiger partial charge < -0.3 is 15.7 Å². The van der Waals surface area contributed by atoms with E-state index in [2.05, 4.69) is 20.7 Å². The molecule has 1 atom stereocenters. The van der Waals surface area contributed by atoms with Gasteiger partial charge in [0.15, 0.2) is 0 Å². The monoisotopic (exact) mass is 255 g/mol. The second-order valence-corrected chi connectivity index (χ2v) is 4.10. The van der Waals surface area contributed by atoms with Gasteiger partial charge in [0.1, 0.15) is 17.7 Å². The van der Waals surface area contributed by atoms with Crippen LogP contribution < -0.4 is 10.6 Å². The highest BCUT2D eigenvalue weighted by atomic mass is 16.4. The number of nitrogens with zero attached hydrogens (tertiary/aromatic N) is 3. The maximum atomic E-state index is 11.6. The number of carbonyl (C=O) groups is 2. The number of carbonyl (C=O) groups excluding carboxylic acids is 1. The maximum absolute atomic E-state index is 11.6. The highest BCUT2D eigenvalue weighted by Gasteiger charge is 2.32. The number of aryl methyl sites for hydroxylation is 1. The molecular weight excluding hydrogens is 238 g/mol. The first-order valence-electron chi connectivity index (χ1n) is 5.51. The summed E-state index contributed by atoms with van der Waals surface area (Å²) < 4.78 is 1.52. The molecule has 0 aromatic carbocycles. The van der Waals surface area contributed by atoms with Crippen molar-refractivity contribution in [1.29, 1.82) is 0 Å². The first-order valence-corrected chi connectivity index (χ1v) is 5.51. The Hall–Kier alpha value is -2.12. The molecule has 0 bridgehead atoms. The van der Waals surface area contributed by atoms with Gasteiger partial charge in [-0.3, -0.25) is 4.68 Å². The van der Waals surface area contributed by atoms with Gasteiger partial charge in [0.2, 0.25) is 0 Å². The van der Waals surface area contributed by atoms with Gasteiger partial charge in [0.25, 0.3) is 0 Å². The highest BCUT2D eigenvalue weighted by molar-refractivity contribution is 5.85. The molecule has 8 heteroatoms. The van der Waals surface area contributed by atoms with Crippen LogP contribution in [0.5, 0.6) is 0 Å². The van der Waals surface area contributed by atoms with Gasteiger partial charge in [-0.05, 0) is 13.3 Å². The first kappa shape index (κ1) is 13.9. The quantitative estimate of drug-likeness (QED) is 0.679. The number of carboxylic acid groups (broad SMARTS) is 1. The van der Waals surface area contributed by atoms with E-state index < -0.39 is 17.5 Å². The topological polar surface area (TPSA) is 109 Å². The zero-order valence-corrected chi connectivity index (χ0v) is 10.6. The molecule has 18 heavy (non-hydrogen) atoms. The highest BCUT2D eigenvalue weighted by Crippen LogP contribution is 2.08. The summed E-state index contributed by atoms with van der Waals surface area (Å²) in [4.78, 5) is 26.5. The summed E-state index contributed by atoms with van der Waals surface area (Å²) in [6.45, 7) is 3.33. The van der Waals surface area contributed by atoms with Crippen LogP contribution in [0.15, 0.2) is 6.33 Å². The third-order valence-corrected chi connectivity index (χ3v) is 2.78. The van der Waals surface area contributed by atoms with E-state index in [1.807, 2.05) is 0 Å². The summed E-state index contributed by atoms with van der Waals surface area (Å²) in [6, 6.07) is -0.551. The van der Waals surface area contributed by atoms with E-state index in [0.717, 1.165) is 0 Å². The molecule has 1 aromatic heterocycles. The molecule has 1 rings (SSSR count). The van der Waals surface area contributed by atoms with Crippen LogP contribution in [0.4, 0.5) is 4.79 Å². The Kier molecular flexibility index (Phi) is 4.24. The summed E-state index contributed by atoms with van der Waals surface area (Å²) in [7, 11) is 1.70. The van der Waals surface area contributed by atoms with Crippen LogP contribution in [0.3, 0.4) is 0 Å². The lowest BCUT2D eigenvalue weighted by Gasteiger charge is -2.24. The fraction of sp³-hybridized carbons (Fsp3) is 0.600. The van der Waals surface area contributed by atoms with E-state index >= 15 is 0 Å². The second-order valence-electron chi connectivity index (χ2n) is 4.10. The third kappa shape index (κ3) is 3.19. The van der Waals surface area contributed by atoms with Crippen LogP contribution in [-0.4, -0.2) is 37.4 Å². The molecule has 0 radical (unpaired) electrons. The van der Waals surface area contributed by atoms with Crippen molar-refractivity contribution in [2.45, 2.75) is 32.4 Å². The average Bonchev–Trinajstić information content (AvgIpc) is 2.72. The molecule has 1 unspecified atom stereocenters. The number of aromatic nitrogens is 3. The molecule has 100 valence electrons. The normalized spacial score (nSPS) is 13.7. The van der Waals surface area contributed by atoms with E-state index in [9.17, 15) is 9.59 Å². The summed E-state index contributed by atoms with van der Waals surface area (Å²) in [5, 5.41) is 17.8. The lowest BCUT2D eigenvalue weighted by molar-refractivity contribution is -0.143. The molecule has 0 fully saturated rings. The fourth-order valence-electron chi connectivity index (χ4n) is 1.23. The summed E-state index contributed by atoms with van der Waals surface area (Å²) in [5.41, 5.74) is -1.27. The number of aliphatic carboxylic acids is 1. The Morgan fingerprint density at radius 3 is 2.67 bits per heavy atom. The molecule has 3 N–H and O–H groups in total. The minimum Gasteiger partial charge on any atom is -0.480 e. The van der Waals surface area contributed by atoms with Crippen molar-refractivity contribution >= 4 is 12.0 Å². The van der Waals surface area contributed by atoms with Crippen molar-refractivity contribution in [2.24, 2.45) is 7.05 Å². The number of rotatable bonds is 5. The van der Waals surface area contributed by atoms with Crippen molar-refractivity contribution in [3.8, 4) is 0 Å². The Balaban J connectivity index is 2.52. The largest absolute Gasteiger partial charge is 0.480 e. The maximum Gasteiger partial charge on any atom is 0.329 e. The molecule has 0 saturated heterocycles. The predicted molar refractivity (Wildman–Crippen MR) is 62.7 cm³/mol. The minimum absolute atomic E-state index is 0.182. The number of carboxylic acids is 1. The van der Waals surface area contributed by atoms with Crippen LogP contribution in [-0.2, 0) is 18.4 Å². The van der Waals surface area contributed by atoms with Crippen LogP contribution in [0.25, 0.3) is 0 Å². The summed E-state index contributed by atoms with van der Waals surface area (Å²) in [6.07, 6.45) is 1.67. The molecular formula is C10H17N5O3. The molecule has 2 amide bonds. The van der Waals surface area contributed by atoms with Gasteiger partial charge in [-0.15, -0.1) is 0 Å². The molecule has 0 aliphatic heterocycles. The molecule has 0 aliphatic rings. The number of urea groups is 1. The smallest absolute Gasteiger partial charge is 0.329 e. The third-order valence-electron chi connectivity index (χ3n) is 2.78. The SMILES string of the molecule is CCC(C)(NC(=O)NCc1ncnn1C)C(=O)O. The molecule has 8 nitrogen and oxygen atoms in total. The van der Waals surface area contributed by atoms with Crippen molar-refractivity contribution in [3.05, 3.63) is 12.2 Å². The zero-order chi connectivity index (χ0) is 13.8. The van der Waals surface area contributed by atoms with Gasteiger partial charge >= 0.3 is 12.0 Å². The Labute approximate surface area is 104 Å². The number of hydrogen-bond acceptors (Lipinski definition) is 4. The van der Waals surface area contributed by atoms with Crippen molar-refractivity contribution in [3.63, 3.8) is 0 Å². The number of hydrogen-bond donors (Lipinski definition) is 3. The van der Waals surface area contributed by atoms with Gasteiger partial charge in [0.05, 0.1) is 6.54 Å². The summed E-state index contributed by atoms with van der Waals surface area (Å²) >= 11 is 0. The van der Waals surface area contributed by atoms with E-state index in [1.165, 1.54) is 17.9 Å². The standard InChI is InChI=1S/C10H17N5O3/c1-4-10(2,8(16)17)14-9(18)11-5-7-12-6-13-15(7)3/h6H,4-5H2,1-3H3,(H,16,17)(H2,11,14,18). The Morgan fingerprint density at radius 1 is 1.56 bits per heavy atom. The van der Waals surface area contributed by atoms with E-state index in [-0.39, 0.29) is 6.54 Å². The first-order chi connectivity index (χ1) is 8.39. The van der Waals surface area contributed by atoms with Crippen molar-refractivity contribution in [2.75, 3.05) is 0 Å². The van der Waals surface area contributed by atoms with Crippen LogP contribution >= 0.6 is 0 Å². The number of nitrogens with one attached hydrogen (secondary N) is 2. The van der Waals surface area contributed by atoms with Crippen LogP contribution in [0.2, 0.25) is 0 Å². The number of amides is 2. The lowest BCUT2D eigenvalue weighted by atomic mass is 10.00.